The molecule has 0 aliphatic rings. The van der Waals surface area contributed by atoms with Gasteiger partial charge in [-0.05, 0) is 18.4 Å². The number of nitrogens with one attached hydrogen (secondary N) is 1. The number of ether oxygens (including phenoxy) is 1. The third-order valence-corrected chi connectivity index (χ3v) is 4.35. The van der Waals surface area contributed by atoms with Gasteiger partial charge in [0.2, 0.25) is 17.6 Å². The molecule has 2 aromatic carbocycles. The van der Waals surface area contributed by atoms with E-state index in [9.17, 15) is 4.79 Å². The number of carbonyl (C=O) groups is 1. The van der Waals surface area contributed by atoms with Gasteiger partial charge in [-0.25, -0.2) is 0 Å². The van der Waals surface area contributed by atoms with Crippen molar-refractivity contribution in [2.24, 2.45) is 5.92 Å². The fraction of sp³-hybridized carbons (Fsp3) is 0.318. The van der Waals surface area contributed by atoms with Crippen LogP contribution in [0.5, 0.6) is 0 Å². The van der Waals surface area contributed by atoms with E-state index in [-0.39, 0.29) is 24.5 Å². The van der Waals surface area contributed by atoms with E-state index in [2.05, 4.69) is 15.5 Å². The molecule has 6 nitrogen and oxygen atoms in total. The molecule has 0 fully saturated rings. The normalized spacial score (nSPS) is 12.1. The van der Waals surface area contributed by atoms with Gasteiger partial charge in [0.05, 0.1) is 6.61 Å². The number of benzene rings is 2. The Morgan fingerprint density at radius 1 is 1.11 bits per heavy atom. The summed E-state index contributed by atoms with van der Waals surface area (Å²) in [5.74, 6) is 0.770. The van der Waals surface area contributed by atoms with Crippen molar-refractivity contribution in [2.75, 3.05) is 6.61 Å². The summed E-state index contributed by atoms with van der Waals surface area (Å²) in [6.45, 7) is 6.36. The molecule has 3 rings (SSSR count). The number of hydrogen-bond acceptors (Lipinski definition) is 5. The molecule has 0 radical (unpaired) electrons. The first kappa shape index (κ1) is 19.8. The molecule has 28 heavy (non-hydrogen) atoms. The molecule has 0 saturated heterocycles. The standard InChI is InChI=1S/C22H25N3O3/c1-15(2)20(23-19(26)14-27-13-17-7-5-4-6-8-17)22-24-21(25-28-22)18-11-9-16(3)10-12-18/h4-12,15,20H,13-14H2,1-3H3,(H,23,26)/t20-/m0/s1. The first-order valence-electron chi connectivity index (χ1n) is 9.34. The van der Waals surface area contributed by atoms with E-state index in [0.717, 1.165) is 16.7 Å². The highest BCUT2D eigenvalue weighted by atomic mass is 16.5. The van der Waals surface area contributed by atoms with Crippen LogP contribution in [0.15, 0.2) is 59.1 Å². The number of carbonyl (C=O) groups excluding carboxylic acids is 1. The molecule has 1 aromatic heterocycles. The molecule has 0 unspecified atom stereocenters. The van der Waals surface area contributed by atoms with Crippen molar-refractivity contribution < 1.29 is 14.1 Å². The number of hydrogen-bond donors (Lipinski definition) is 1. The Bertz CT molecular complexity index is 889. The summed E-state index contributed by atoms with van der Waals surface area (Å²) >= 11 is 0. The van der Waals surface area contributed by atoms with Crippen molar-refractivity contribution in [2.45, 2.75) is 33.4 Å². The summed E-state index contributed by atoms with van der Waals surface area (Å²) < 4.78 is 10.9. The van der Waals surface area contributed by atoms with Crippen molar-refractivity contribution in [1.82, 2.24) is 15.5 Å². The van der Waals surface area contributed by atoms with Gasteiger partial charge in [-0.3, -0.25) is 4.79 Å². The highest BCUT2D eigenvalue weighted by molar-refractivity contribution is 5.77. The third-order valence-electron chi connectivity index (χ3n) is 4.35. The minimum Gasteiger partial charge on any atom is -0.367 e. The van der Waals surface area contributed by atoms with E-state index >= 15 is 0 Å². The highest BCUT2D eigenvalue weighted by Crippen LogP contribution is 2.23. The smallest absolute Gasteiger partial charge is 0.249 e. The van der Waals surface area contributed by atoms with Crippen molar-refractivity contribution in [3.63, 3.8) is 0 Å². The molecule has 1 N–H and O–H groups in total. The molecule has 1 atom stereocenters. The zero-order chi connectivity index (χ0) is 19.9. The summed E-state index contributed by atoms with van der Waals surface area (Å²) in [5, 5.41) is 6.99. The van der Waals surface area contributed by atoms with Crippen LogP contribution in [-0.4, -0.2) is 22.7 Å². The fourth-order valence-corrected chi connectivity index (χ4v) is 2.75. The molecule has 6 heteroatoms. The molecule has 1 amide bonds. The minimum atomic E-state index is -0.375. The largest absolute Gasteiger partial charge is 0.367 e. The lowest BCUT2D eigenvalue weighted by Crippen LogP contribution is -2.34. The SMILES string of the molecule is Cc1ccc(-c2noc([C@@H](NC(=O)COCc3ccccc3)C(C)C)n2)cc1. The summed E-state index contributed by atoms with van der Waals surface area (Å²) in [6.07, 6.45) is 0. The Balaban J connectivity index is 1.60. The maximum absolute atomic E-state index is 12.3. The first-order chi connectivity index (χ1) is 13.5. The summed E-state index contributed by atoms with van der Waals surface area (Å²) in [7, 11) is 0. The van der Waals surface area contributed by atoms with Gasteiger partial charge < -0.3 is 14.6 Å². The summed E-state index contributed by atoms with van der Waals surface area (Å²) in [6, 6.07) is 17.3. The van der Waals surface area contributed by atoms with Crippen LogP contribution in [0, 0.1) is 12.8 Å². The van der Waals surface area contributed by atoms with E-state index in [1.807, 2.05) is 75.4 Å². The van der Waals surface area contributed by atoms with Gasteiger partial charge in [0, 0.05) is 5.56 Å². The molecule has 0 aliphatic carbocycles. The van der Waals surface area contributed by atoms with Gasteiger partial charge in [0.15, 0.2) is 0 Å². The molecular weight excluding hydrogens is 354 g/mol. The molecule has 0 spiro atoms. The Morgan fingerprint density at radius 3 is 2.50 bits per heavy atom. The molecule has 3 aromatic rings. The topological polar surface area (TPSA) is 77.2 Å². The van der Waals surface area contributed by atoms with Crippen LogP contribution in [0.1, 0.15) is 36.9 Å². The maximum atomic E-state index is 12.3. The lowest BCUT2D eigenvalue weighted by atomic mass is 10.0. The van der Waals surface area contributed by atoms with Gasteiger partial charge in [-0.2, -0.15) is 4.98 Å². The lowest BCUT2D eigenvalue weighted by Gasteiger charge is -2.18. The second-order valence-corrected chi connectivity index (χ2v) is 7.09. The Morgan fingerprint density at radius 2 is 1.82 bits per heavy atom. The van der Waals surface area contributed by atoms with Gasteiger partial charge in [0.1, 0.15) is 12.6 Å². The van der Waals surface area contributed by atoms with Crippen molar-refractivity contribution in [3.05, 3.63) is 71.6 Å². The lowest BCUT2D eigenvalue weighted by molar-refractivity contribution is -0.127. The van der Waals surface area contributed by atoms with Crippen LogP contribution in [0.4, 0.5) is 0 Å². The average molecular weight is 379 g/mol. The van der Waals surface area contributed by atoms with Gasteiger partial charge in [0.25, 0.3) is 0 Å². The maximum Gasteiger partial charge on any atom is 0.249 e. The van der Waals surface area contributed by atoms with Crippen molar-refractivity contribution >= 4 is 5.91 Å². The molecule has 1 heterocycles. The first-order valence-corrected chi connectivity index (χ1v) is 9.34. The minimum absolute atomic E-state index is 0.0307. The Kier molecular flexibility index (Phi) is 6.55. The molecule has 0 saturated carbocycles. The van der Waals surface area contributed by atoms with Crippen LogP contribution < -0.4 is 5.32 Å². The second-order valence-electron chi connectivity index (χ2n) is 7.09. The Hall–Kier alpha value is -2.99. The molecule has 146 valence electrons. The average Bonchev–Trinajstić information content (AvgIpc) is 3.17. The van der Waals surface area contributed by atoms with Gasteiger partial charge in [-0.15, -0.1) is 0 Å². The third kappa shape index (κ3) is 5.27. The number of amides is 1. The second kappa shape index (κ2) is 9.28. The van der Waals surface area contributed by atoms with E-state index in [4.69, 9.17) is 9.26 Å². The number of rotatable bonds is 8. The zero-order valence-corrected chi connectivity index (χ0v) is 16.4. The van der Waals surface area contributed by atoms with Crippen LogP contribution in [-0.2, 0) is 16.1 Å². The van der Waals surface area contributed by atoms with Crippen molar-refractivity contribution in [1.29, 1.82) is 0 Å². The molecule has 0 aliphatic heterocycles. The van der Waals surface area contributed by atoms with Crippen molar-refractivity contribution in [3.8, 4) is 11.4 Å². The van der Waals surface area contributed by atoms with Crippen LogP contribution in [0.3, 0.4) is 0 Å². The van der Waals surface area contributed by atoms with Crippen LogP contribution in [0.25, 0.3) is 11.4 Å². The van der Waals surface area contributed by atoms with E-state index in [1.54, 1.807) is 0 Å². The van der Waals surface area contributed by atoms with Gasteiger partial charge >= 0.3 is 0 Å². The molecule has 0 bridgehead atoms. The van der Waals surface area contributed by atoms with E-state index < -0.39 is 0 Å². The predicted octanol–water partition coefficient (Wildman–Crippen LogP) is 4.08. The summed E-state index contributed by atoms with van der Waals surface area (Å²) in [5.41, 5.74) is 3.06. The predicted molar refractivity (Wildman–Crippen MR) is 106 cm³/mol. The van der Waals surface area contributed by atoms with E-state index in [1.165, 1.54) is 0 Å². The fourth-order valence-electron chi connectivity index (χ4n) is 2.75. The van der Waals surface area contributed by atoms with Gasteiger partial charge in [-0.1, -0.05) is 79.2 Å². The molecular formula is C22H25N3O3. The summed E-state index contributed by atoms with van der Waals surface area (Å²) in [4.78, 5) is 16.8. The monoisotopic (exact) mass is 379 g/mol. The van der Waals surface area contributed by atoms with Crippen LogP contribution >= 0.6 is 0 Å². The highest BCUT2D eigenvalue weighted by Gasteiger charge is 2.24. The number of nitrogens with zero attached hydrogens (tertiary/aromatic N) is 2. The Labute approximate surface area is 164 Å². The van der Waals surface area contributed by atoms with Crippen LogP contribution in [0.2, 0.25) is 0 Å². The zero-order valence-electron chi connectivity index (χ0n) is 16.4. The number of aromatic nitrogens is 2. The quantitative estimate of drug-likeness (QED) is 0.638. The van der Waals surface area contributed by atoms with E-state index in [0.29, 0.717) is 18.3 Å². The number of aryl methyl sites for hydroxylation is 1.